The highest BCUT2D eigenvalue weighted by molar-refractivity contribution is 6.46. The fraction of sp³-hybridized carbons (Fsp3) is 0.333. The highest BCUT2D eigenvalue weighted by Crippen LogP contribution is 2.40. The number of benzene rings is 2. The Bertz CT molecular complexity index is 1060. The summed E-state index contributed by atoms with van der Waals surface area (Å²) in [7, 11) is 3.80. The van der Waals surface area contributed by atoms with E-state index in [9.17, 15) is 14.7 Å². The van der Waals surface area contributed by atoms with Crippen molar-refractivity contribution < 1.29 is 24.2 Å². The highest BCUT2D eigenvalue weighted by Gasteiger charge is 2.46. The number of nitrogens with zero attached hydrogens (tertiary/aromatic N) is 2. The maximum Gasteiger partial charge on any atom is 0.295 e. The van der Waals surface area contributed by atoms with Crippen molar-refractivity contribution in [1.82, 2.24) is 9.80 Å². The van der Waals surface area contributed by atoms with E-state index in [1.54, 1.807) is 48.5 Å². The van der Waals surface area contributed by atoms with Crippen LogP contribution in [0.1, 0.15) is 30.5 Å². The molecule has 3 rings (SSSR count). The fourth-order valence-electron chi connectivity index (χ4n) is 3.78. The van der Waals surface area contributed by atoms with Gasteiger partial charge in [-0.25, -0.2) is 0 Å². The third kappa shape index (κ3) is 5.66. The van der Waals surface area contributed by atoms with Gasteiger partial charge in [0, 0.05) is 18.7 Å². The minimum Gasteiger partial charge on any atom is -0.507 e. The average molecular weight is 465 g/mol. The zero-order valence-electron chi connectivity index (χ0n) is 20.0. The summed E-state index contributed by atoms with van der Waals surface area (Å²) in [5.74, 6) is -0.282. The van der Waals surface area contributed by atoms with Crippen molar-refractivity contribution in [3.63, 3.8) is 0 Å². The molecule has 1 fully saturated rings. The molecule has 2 aromatic rings. The molecule has 0 aliphatic carbocycles. The van der Waals surface area contributed by atoms with E-state index in [1.165, 1.54) is 4.90 Å². The van der Waals surface area contributed by atoms with Crippen LogP contribution < -0.4 is 9.47 Å². The first-order valence-corrected chi connectivity index (χ1v) is 11.4. The Kier molecular flexibility index (Phi) is 8.49. The zero-order chi connectivity index (χ0) is 24.7. The van der Waals surface area contributed by atoms with Crippen LogP contribution >= 0.6 is 0 Å². The lowest BCUT2D eigenvalue weighted by molar-refractivity contribution is -0.140. The van der Waals surface area contributed by atoms with Gasteiger partial charge in [0.15, 0.2) is 0 Å². The zero-order valence-corrected chi connectivity index (χ0v) is 20.0. The quantitative estimate of drug-likeness (QED) is 0.234. The molecule has 0 radical (unpaired) electrons. The molecule has 7 heteroatoms. The van der Waals surface area contributed by atoms with Crippen LogP contribution in [0.5, 0.6) is 11.5 Å². The average Bonchev–Trinajstić information content (AvgIpc) is 3.09. The lowest BCUT2D eigenvalue weighted by atomic mass is 9.95. The van der Waals surface area contributed by atoms with E-state index in [0.29, 0.717) is 48.9 Å². The van der Waals surface area contributed by atoms with Gasteiger partial charge in [0.1, 0.15) is 23.9 Å². The number of carbonyl (C=O) groups is 2. The molecule has 1 saturated heterocycles. The molecule has 0 bridgehead atoms. The number of likely N-dealkylation sites (tertiary alicyclic amines) is 1. The third-order valence-electron chi connectivity index (χ3n) is 5.47. The molecule has 34 heavy (non-hydrogen) atoms. The summed E-state index contributed by atoms with van der Waals surface area (Å²) < 4.78 is 11.3. The predicted octanol–water partition coefficient (Wildman–Crippen LogP) is 4.02. The minimum atomic E-state index is -0.733. The van der Waals surface area contributed by atoms with E-state index in [2.05, 4.69) is 6.58 Å². The minimum absolute atomic E-state index is 0.0619. The van der Waals surface area contributed by atoms with Crippen molar-refractivity contribution in [2.75, 3.05) is 40.4 Å². The molecule has 0 aromatic heterocycles. The van der Waals surface area contributed by atoms with Crippen LogP contribution in [-0.2, 0) is 9.59 Å². The third-order valence-corrected chi connectivity index (χ3v) is 5.47. The van der Waals surface area contributed by atoms with Crippen molar-refractivity contribution in [3.8, 4) is 11.5 Å². The van der Waals surface area contributed by atoms with Crippen LogP contribution in [0, 0.1) is 0 Å². The Balaban J connectivity index is 2.06. The van der Waals surface area contributed by atoms with Gasteiger partial charge >= 0.3 is 0 Å². The lowest BCUT2D eigenvalue weighted by Crippen LogP contribution is -2.35. The Hall–Kier alpha value is -3.58. The first-order chi connectivity index (χ1) is 16.4. The summed E-state index contributed by atoms with van der Waals surface area (Å²) in [6.45, 7) is 7.51. The molecule has 7 nitrogen and oxygen atoms in total. The van der Waals surface area contributed by atoms with Gasteiger partial charge in [0.25, 0.3) is 11.7 Å². The Morgan fingerprint density at radius 2 is 1.85 bits per heavy atom. The lowest BCUT2D eigenvalue weighted by Gasteiger charge is -2.27. The number of aliphatic hydroxyl groups is 1. The topological polar surface area (TPSA) is 79.3 Å². The summed E-state index contributed by atoms with van der Waals surface area (Å²) in [6, 6.07) is 13.4. The van der Waals surface area contributed by atoms with E-state index >= 15 is 0 Å². The summed E-state index contributed by atoms with van der Waals surface area (Å²) in [5, 5.41) is 11.2. The monoisotopic (exact) mass is 464 g/mol. The van der Waals surface area contributed by atoms with E-state index in [1.807, 2.05) is 32.0 Å². The first kappa shape index (κ1) is 25.1. The van der Waals surface area contributed by atoms with Crippen molar-refractivity contribution in [3.05, 3.63) is 77.9 Å². The number of carbonyl (C=O) groups excluding carboxylic acids is 2. The number of ketones is 1. The summed E-state index contributed by atoms with van der Waals surface area (Å²) in [5.41, 5.74) is 1.19. The van der Waals surface area contributed by atoms with Crippen LogP contribution in [0.2, 0.25) is 0 Å². The standard InChI is InChI=1S/C27H32N2O5/c1-5-16-33-21-12-10-19(11-13-21)25(30)23-24(20-8-7-9-22(18-20)34-17-6-2)29(15-14-28(3)4)27(32)26(23)31/h6-13,18,24,30H,2,5,14-17H2,1,3-4H3. The van der Waals surface area contributed by atoms with Gasteiger partial charge < -0.3 is 24.4 Å². The molecule has 1 atom stereocenters. The van der Waals surface area contributed by atoms with Crippen molar-refractivity contribution in [2.45, 2.75) is 19.4 Å². The van der Waals surface area contributed by atoms with E-state index in [-0.39, 0.29) is 11.3 Å². The maximum atomic E-state index is 13.1. The van der Waals surface area contributed by atoms with Gasteiger partial charge in [0.2, 0.25) is 0 Å². The molecular formula is C27H32N2O5. The van der Waals surface area contributed by atoms with E-state index < -0.39 is 17.7 Å². The van der Waals surface area contributed by atoms with Crippen molar-refractivity contribution >= 4 is 17.4 Å². The number of aliphatic hydroxyl groups excluding tert-OH is 1. The second-order valence-corrected chi connectivity index (χ2v) is 8.34. The molecule has 0 saturated carbocycles. The smallest absolute Gasteiger partial charge is 0.295 e. The van der Waals surface area contributed by atoms with Crippen LogP contribution in [0.25, 0.3) is 5.76 Å². The Labute approximate surface area is 200 Å². The van der Waals surface area contributed by atoms with Crippen molar-refractivity contribution in [1.29, 1.82) is 0 Å². The largest absolute Gasteiger partial charge is 0.507 e. The second kappa shape index (κ2) is 11.5. The normalized spacial score (nSPS) is 17.3. The van der Waals surface area contributed by atoms with Crippen molar-refractivity contribution in [2.24, 2.45) is 0 Å². The van der Waals surface area contributed by atoms with Gasteiger partial charge in [0.05, 0.1) is 18.2 Å². The maximum absolute atomic E-state index is 13.1. The summed E-state index contributed by atoms with van der Waals surface area (Å²) >= 11 is 0. The number of ether oxygens (including phenoxy) is 2. The molecule has 1 N–H and O–H groups in total. The van der Waals surface area contributed by atoms with Crippen LogP contribution in [0.15, 0.2) is 66.8 Å². The van der Waals surface area contributed by atoms with Gasteiger partial charge in [-0.2, -0.15) is 0 Å². The van der Waals surface area contributed by atoms with E-state index in [4.69, 9.17) is 9.47 Å². The first-order valence-electron chi connectivity index (χ1n) is 11.4. The molecule has 2 aromatic carbocycles. The number of amides is 1. The van der Waals surface area contributed by atoms with Crippen LogP contribution in [-0.4, -0.2) is 67.0 Å². The molecule has 0 spiro atoms. The number of hydrogen-bond acceptors (Lipinski definition) is 6. The molecule has 1 amide bonds. The number of Topliss-reactive ketones (excluding diaryl/α,β-unsaturated/α-hetero) is 1. The predicted molar refractivity (Wildman–Crippen MR) is 132 cm³/mol. The molecule has 1 aliphatic heterocycles. The van der Waals surface area contributed by atoms with Gasteiger partial charge in [-0.3, -0.25) is 9.59 Å². The molecule has 1 unspecified atom stereocenters. The van der Waals surface area contributed by atoms with Crippen LogP contribution in [0.3, 0.4) is 0 Å². The highest BCUT2D eigenvalue weighted by atomic mass is 16.5. The Morgan fingerprint density at radius 3 is 2.50 bits per heavy atom. The molecule has 1 heterocycles. The number of likely N-dealkylation sites (N-methyl/N-ethyl adjacent to an activating group) is 1. The van der Waals surface area contributed by atoms with Gasteiger partial charge in [-0.15, -0.1) is 0 Å². The molecule has 1 aliphatic rings. The van der Waals surface area contributed by atoms with Gasteiger partial charge in [-0.1, -0.05) is 31.7 Å². The second-order valence-electron chi connectivity index (χ2n) is 8.34. The molecule has 180 valence electrons. The summed E-state index contributed by atoms with van der Waals surface area (Å²) in [6.07, 6.45) is 2.53. The molecular weight excluding hydrogens is 432 g/mol. The van der Waals surface area contributed by atoms with Crippen LogP contribution in [0.4, 0.5) is 0 Å². The fourth-order valence-corrected chi connectivity index (χ4v) is 3.78. The SMILES string of the molecule is C=CCOc1cccc(C2C(=C(O)c3ccc(OCCC)cc3)C(=O)C(=O)N2CCN(C)C)c1. The Morgan fingerprint density at radius 1 is 1.12 bits per heavy atom. The number of rotatable bonds is 11. The van der Waals surface area contributed by atoms with Gasteiger partial charge in [-0.05, 0) is 62.5 Å². The number of hydrogen-bond donors (Lipinski definition) is 1. The van der Waals surface area contributed by atoms with E-state index in [0.717, 1.165) is 6.42 Å². The summed E-state index contributed by atoms with van der Waals surface area (Å²) in [4.78, 5) is 29.6.